The number of rotatable bonds is 6. The van der Waals surface area contributed by atoms with Crippen molar-refractivity contribution in [1.82, 2.24) is 15.3 Å². The first kappa shape index (κ1) is 15.5. The third-order valence-corrected chi connectivity index (χ3v) is 3.34. The Morgan fingerprint density at radius 1 is 1.52 bits per heavy atom. The maximum absolute atomic E-state index is 12.0. The van der Waals surface area contributed by atoms with Gasteiger partial charge in [0, 0.05) is 5.02 Å². The van der Waals surface area contributed by atoms with Gasteiger partial charge in [-0.1, -0.05) is 24.9 Å². The first-order valence-corrected chi connectivity index (χ1v) is 7.03. The molecule has 2 aromatic rings. The van der Waals surface area contributed by atoms with Crippen LogP contribution < -0.4 is 10.9 Å². The molecule has 1 atom stereocenters. The summed E-state index contributed by atoms with van der Waals surface area (Å²) >= 11 is 5.84. The number of halogens is 1. The van der Waals surface area contributed by atoms with Gasteiger partial charge in [-0.05, 0) is 24.6 Å². The largest absolute Gasteiger partial charge is 0.480 e. The van der Waals surface area contributed by atoms with E-state index in [1.54, 1.807) is 18.2 Å². The minimum Gasteiger partial charge on any atom is -0.480 e. The number of hydrogen-bond acceptors (Lipinski definition) is 4. The van der Waals surface area contributed by atoms with Crippen molar-refractivity contribution in [3.63, 3.8) is 0 Å². The van der Waals surface area contributed by atoms with Crippen LogP contribution in [0.4, 0.5) is 0 Å². The van der Waals surface area contributed by atoms with Gasteiger partial charge >= 0.3 is 5.97 Å². The van der Waals surface area contributed by atoms with E-state index in [4.69, 9.17) is 16.7 Å². The Balaban J connectivity index is 2.21. The summed E-state index contributed by atoms with van der Waals surface area (Å²) in [5.41, 5.74) is 0.240. The van der Waals surface area contributed by atoms with Gasteiger partial charge in [0.25, 0.3) is 5.56 Å². The summed E-state index contributed by atoms with van der Waals surface area (Å²) in [5.74, 6) is -0.510. The number of nitrogens with one attached hydrogen (secondary N) is 2. The van der Waals surface area contributed by atoms with Crippen molar-refractivity contribution in [3.05, 3.63) is 39.4 Å². The van der Waals surface area contributed by atoms with Crippen LogP contribution in [-0.4, -0.2) is 27.1 Å². The zero-order valence-corrected chi connectivity index (χ0v) is 12.3. The van der Waals surface area contributed by atoms with Crippen LogP contribution in [0.25, 0.3) is 10.9 Å². The summed E-state index contributed by atoms with van der Waals surface area (Å²) in [6, 6.07) is 4.22. The molecular weight excluding hydrogens is 294 g/mol. The predicted molar refractivity (Wildman–Crippen MR) is 80.5 cm³/mol. The fourth-order valence-electron chi connectivity index (χ4n) is 2.06. The maximum Gasteiger partial charge on any atom is 0.320 e. The van der Waals surface area contributed by atoms with Gasteiger partial charge in [0.2, 0.25) is 0 Å². The lowest BCUT2D eigenvalue weighted by Gasteiger charge is -2.13. The molecule has 0 spiro atoms. The monoisotopic (exact) mass is 309 g/mol. The minimum atomic E-state index is -0.910. The summed E-state index contributed by atoms with van der Waals surface area (Å²) in [5, 5.41) is 12.8. The zero-order chi connectivity index (χ0) is 15.4. The normalized spacial score (nSPS) is 12.5. The SMILES string of the molecule is CCCC(NCc1nc2ccc(Cl)cc2c(=O)[nH]1)C(=O)O. The van der Waals surface area contributed by atoms with Crippen LogP contribution in [0, 0.1) is 0 Å². The van der Waals surface area contributed by atoms with Gasteiger partial charge in [-0.2, -0.15) is 0 Å². The number of aromatic amines is 1. The number of nitrogens with zero attached hydrogens (tertiary/aromatic N) is 1. The van der Waals surface area contributed by atoms with Crippen molar-refractivity contribution >= 4 is 28.5 Å². The van der Waals surface area contributed by atoms with Gasteiger partial charge < -0.3 is 10.1 Å². The maximum atomic E-state index is 12.0. The molecule has 0 radical (unpaired) electrons. The van der Waals surface area contributed by atoms with Crippen molar-refractivity contribution in [3.8, 4) is 0 Å². The highest BCUT2D eigenvalue weighted by Gasteiger charge is 2.16. The van der Waals surface area contributed by atoms with E-state index < -0.39 is 12.0 Å². The minimum absolute atomic E-state index is 0.185. The Bertz CT molecular complexity index is 714. The first-order chi connectivity index (χ1) is 10.0. The van der Waals surface area contributed by atoms with E-state index in [0.29, 0.717) is 28.2 Å². The lowest BCUT2D eigenvalue weighted by Crippen LogP contribution is -2.36. The van der Waals surface area contributed by atoms with Gasteiger partial charge in [-0.15, -0.1) is 0 Å². The van der Waals surface area contributed by atoms with Crippen LogP contribution >= 0.6 is 11.6 Å². The lowest BCUT2D eigenvalue weighted by molar-refractivity contribution is -0.139. The molecule has 1 aromatic carbocycles. The van der Waals surface area contributed by atoms with Gasteiger partial charge in [-0.3, -0.25) is 14.9 Å². The summed E-state index contributed by atoms with van der Waals surface area (Å²) in [7, 11) is 0. The van der Waals surface area contributed by atoms with E-state index in [1.165, 1.54) is 0 Å². The molecule has 112 valence electrons. The van der Waals surface area contributed by atoms with Crippen molar-refractivity contribution in [2.45, 2.75) is 32.4 Å². The molecule has 1 heterocycles. The van der Waals surface area contributed by atoms with Crippen molar-refractivity contribution < 1.29 is 9.90 Å². The number of carboxylic acids is 1. The Hall–Kier alpha value is -1.92. The highest BCUT2D eigenvalue weighted by Crippen LogP contribution is 2.14. The number of aromatic nitrogens is 2. The standard InChI is InChI=1S/C14H16ClN3O3/c1-2-3-11(14(20)21)16-7-12-17-10-5-4-8(15)6-9(10)13(19)18-12/h4-6,11,16H,2-3,7H2,1H3,(H,20,21)(H,17,18,19). The second-order valence-corrected chi connectivity index (χ2v) is 5.17. The second kappa shape index (κ2) is 6.69. The van der Waals surface area contributed by atoms with Gasteiger partial charge in [-0.25, -0.2) is 4.98 Å². The highest BCUT2D eigenvalue weighted by atomic mass is 35.5. The Labute approximate surface area is 126 Å². The number of H-pyrrole nitrogens is 1. The smallest absolute Gasteiger partial charge is 0.320 e. The van der Waals surface area contributed by atoms with E-state index in [2.05, 4.69) is 15.3 Å². The Kier molecular flexibility index (Phi) is 4.93. The molecule has 1 unspecified atom stereocenters. The van der Waals surface area contributed by atoms with Gasteiger partial charge in [0.05, 0.1) is 17.4 Å². The van der Waals surface area contributed by atoms with Crippen molar-refractivity contribution in [1.29, 1.82) is 0 Å². The molecule has 0 aliphatic heterocycles. The van der Waals surface area contributed by atoms with Crippen LogP contribution in [0.1, 0.15) is 25.6 Å². The van der Waals surface area contributed by atoms with Gasteiger partial charge in [0.15, 0.2) is 0 Å². The molecule has 7 heteroatoms. The van der Waals surface area contributed by atoms with E-state index in [-0.39, 0.29) is 12.1 Å². The molecule has 0 saturated heterocycles. The fraction of sp³-hybridized carbons (Fsp3) is 0.357. The predicted octanol–water partition coefficient (Wildman–Crippen LogP) is 1.92. The Morgan fingerprint density at radius 3 is 2.95 bits per heavy atom. The van der Waals surface area contributed by atoms with Crippen LogP contribution in [0.2, 0.25) is 5.02 Å². The Morgan fingerprint density at radius 2 is 2.29 bits per heavy atom. The molecule has 21 heavy (non-hydrogen) atoms. The summed E-state index contributed by atoms with van der Waals surface area (Å²) in [6.45, 7) is 2.10. The number of fused-ring (bicyclic) bond motifs is 1. The molecule has 1 aromatic heterocycles. The molecule has 2 rings (SSSR count). The number of benzene rings is 1. The average Bonchev–Trinajstić information content (AvgIpc) is 2.44. The van der Waals surface area contributed by atoms with Crippen LogP contribution in [-0.2, 0) is 11.3 Å². The number of hydrogen-bond donors (Lipinski definition) is 3. The number of carboxylic acid groups (broad SMARTS) is 1. The average molecular weight is 310 g/mol. The fourth-order valence-corrected chi connectivity index (χ4v) is 2.24. The van der Waals surface area contributed by atoms with Crippen LogP contribution in [0.5, 0.6) is 0 Å². The second-order valence-electron chi connectivity index (χ2n) is 4.73. The van der Waals surface area contributed by atoms with Gasteiger partial charge in [0.1, 0.15) is 11.9 Å². The number of aliphatic carboxylic acids is 1. The van der Waals surface area contributed by atoms with E-state index in [1.807, 2.05) is 6.92 Å². The summed E-state index contributed by atoms with van der Waals surface area (Å²) in [6.07, 6.45) is 1.27. The highest BCUT2D eigenvalue weighted by molar-refractivity contribution is 6.31. The quantitative estimate of drug-likeness (QED) is 0.757. The molecule has 6 nitrogen and oxygen atoms in total. The van der Waals surface area contributed by atoms with Crippen LogP contribution in [0.15, 0.2) is 23.0 Å². The topological polar surface area (TPSA) is 95.1 Å². The molecule has 0 amide bonds. The van der Waals surface area contributed by atoms with E-state index in [9.17, 15) is 9.59 Å². The van der Waals surface area contributed by atoms with E-state index in [0.717, 1.165) is 6.42 Å². The molecule has 0 saturated carbocycles. The van der Waals surface area contributed by atoms with Crippen molar-refractivity contribution in [2.24, 2.45) is 0 Å². The molecule has 3 N–H and O–H groups in total. The zero-order valence-electron chi connectivity index (χ0n) is 11.5. The molecule has 0 aliphatic rings. The first-order valence-electron chi connectivity index (χ1n) is 6.66. The third-order valence-electron chi connectivity index (χ3n) is 3.11. The van der Waals surface area contributed by atoms with Crippen molar-refractivity contribution in [2.75, 3.05) is 0 Å². The summed E-state index contributed by atoms with van der Waals surface area (Å²) < 4.78 is 0. The lowest BCUT2D eigenvalue weighted by atomic mass is 10.1. The third kappa shape index (κ3) is 3.80. The van der Waals surface area contributed by atoms with E-state index >= 15 is 0 Å². The molecule has 0 aliphatic carbocycles. The van der Waals surface area contributed by atoms with Crippen LogP contribution in [0.3, 0.4) is 0 Å². The number of carbonyl (C=O) groups is 1. The molecule has 0 fully saturated rings. The molecule has 0 bridgehead atoms. The molecular formula is C14H16ClN3O3. The summed E-state index contributed by atoms with van der Waals surface area (Å²) in [4.78, 5) is 29.9.